The lowest BCUT2D eigenvalue weighted by Crippen LogP contribution is -1.91. The third-order valence-corrected chi connectivity index (χ3v) is 2.17. The van der Waals surface area contributed by atoms with Gasteiger partial charge >= 0.3 is 0 Å². The molecule has 0 atom stereocenters. The maximum absolute atomic E-state index is 5.36. The highest BCUT2D eigenvalue weighted by atomic mass is 16.5. The second-order valence-electron chi connectivity index (χ2n) is 3.48. The number of ether oxygens (including phenoxy) is 1. The Bertz CT molecular complexity index is 495. The monoisotopic (exact) mass is 226 g/mol. The number of rotatable bonds is 4. The zero-order chi connectivity index (χ0) is 11.9. The molecular weight excluding hydrogens is 212 g/mol. The number of benzene rings is 1. The summed E-state index contributed by atoms with van der Waals surface area (Å²) in [5.74, 6) is 0.746. The Morgan fingerprint density at radius 2 is 2.06 bits per heavy atom. The summed E-state index contributed by atoms with van der Waals surface area (Å²) in [6.07, 6.45) is 5.21. The summed E-state index contributed by atoms with van der Waals surface area (Å²) in [5.41, 5.74) is 1.86. The van der Waals surface area contributed by atoms with Crippen LogP contribution < -0.4 is 4.74 Å². The predicted octanol–water partition coefficient (Wildman–Crippen LogP) is 3.23. The summed E-state index contributed by atoms with van der Waals surface area (Å²) < 4.78 is 5.36. The fraction of sp³-hybridized carbons (Fsp3) is 0.143. The van der Waals surface area contributed by atoms with Crippen molar-refractivity contribution < 1.29 is 4.74 Å². The van der Waals surface area contributed by atoms with E-state index in [1.54, 1.807) is 12.4 Å². The largest absolute Gasteiger partial charge is 0.492 e. The topological polar surface area (TPSA) is 34.5 Å². The van der Waals surface area contributed by atoms with Gasteiger partial charge in [-0.2, -0.15) is 0 Å². The van der Waals surface area contributed by atoms with Crippen molar-refractivity contribution in [3.63, 3.8) is 0 Å². The minimum Gasteiger partial charge on any atom is -0.492 e. The summed E-state index contributed by atoms with van der Waals surface area (Å²) in [5, 5.41) is 0. The zero-order valence-corrected chi connectivity index (χ0v) is 9.71. The molecule has 3 nitrogen and oxygen atoms in total. The average Bonchev–Trinajstić information content (AvgIpc) is 2.39. The molecule has 0 unspecified atom stereocenters. The minimum absolute atomic E-state index is 0.632. The molecule has 2 aromatic rings. The van der Waals surface area contributed by atoms with Crippen LogP contribution in [0.25, 0.3) is 0 Å². The standard InChI is InChI=1S/C14H14N2O/c1-2-17-14-8-13(10-15-11-14)16-9-12-6-4-3-5-7-12/h3-11H,2H2,1H3. The van der Waals surface area contributed by atoms with Gasteiger partial charge < -0.3 is 4.74 Å². The Morgan fingerprint density at radius 1 is 1.24 bits per heavy atom. The van der Waals surface area contributed by atoms with Crippen LogP contribution in [0.3, 0.4) is 0 Å². The van der Waals surface area contributed by atoms with Gasteiger partial charge in [-0.25, -0.2) is 0 Å². The summed E-state index contributed by atoms with van der Waals surface area (Å²) in [6.45, 7) is 2.58. The van der Waals surface area contributed by atoms with Crippen LogP contribution in [0, 0.1) is 0 Å². The molecule has 86 valence electrons. The summed E-state index contributed by atoms with van der Waals surface area (Å²) >= 11 is 0. The number of aromatic nitrogens is 1. The number of hydrogen-bond acceptors (Lipinski definition) is 3. The predicted molar refractivity (Wildman–Crippen MR) is 69.1 cm³/mol. The lowest BCUT2D eigenvalue weighted by molar-refractivity contribution is 0.339. The molecule has 0 radical (unpaired) electrons. The molecule has 0 aliphatic heterocycles. The molecule has 1 heterocycles. The molecular formula is C14H14N2O. The first-order valence-electron chi connectivity index (χ1n) is 5.55. The molecule has 0 N–H and O–H groups in total. The smallest absolute Gasteiger partial charge is 0.139 e. The molecule has 0 saturated heterocycles. The summed E-state index contributed by atoms with van der Waals surface area (Å²) in [7, 11) is 0. The maximum atomic E-state index is 5.36. The van der Waals surface area contributed by atoms with Gasteiger partial charge in [-0.05, 0) is 12.5 Å². The van der Waals surface area contributed by atoms with Crippen molar-refractivity contribution >= 4 is 11.9 Å². The molecule has 0 saturated carbocycles. The minimum atomic E-state index is 0.632. The molecule has 1 aromatic heterocycles. The normalized spacial score (nSPS) is 10.6. The third-order valence-electron chi connectivity index (χ3n) is 2.17. The van der Waals surface area contributed by atoms with E-state index in [0.717, 1.165) is 17.0 Å². The molecule has 3 heteroatoms. The van der Waals surface area contributed by atoms with Crippen molar-refractivity contribution in [2.24, 2.45) is 4.99 Å². The van der Waals surface area contributed by atoms with Crippen LogP contribution in [0.1, 0.15) is 12.5 Å². The third kappa shape index (κ3) is 3.41. The summed E-state index contributed by atoms with van der Waals surface area (Å²) in [6, 6.07) is 11.8. The Kier molecular flexibility index (Phi) is 3.86. The molecule has 0 amide bonds. The number of nitrogens with zero attached hydrogens (tertiary/aromatic N) is 2. The van der Waals surface area contributed by atoms with E-state index in [1.807, 2.05) is 49.5 Å². The van der Waals surface area contributed by atoms with Crippen LogP contribution in [0.4, 0.5) is 5.69 Å². The van der Waals surface area contributed by atoms with Gasteiger partial charge in [0, 0.05) is 12.3 Å². The lowest BCUT2D eigenvalue weighted by atomic mass is 10.2. The fourth-order valence-electron chi connectivity index (χ4n) is 1.41. The van der Waals surface area contributed by atoms with Crippen molar-refractivity contribution in [2.75, 3.05) is 6.61 Å². The van der Waals surface area contributed by atoms with Gasteiger partial charge in [-0.1, -0.05) is 30.3 Å². The van der Waals surface area contributed by atoms with Gasteiger partial charge in [0.25, 0.3) is 0 Å². The van der Waals surface area contributed by atoms with Crippen LogP contribution >= 0.6 is 0 Å². The zero-order valence-electron chi connectivity index (χ0n) is 9.71. The Labute approximate surface area is 101 Å². The average molecular weight is 226 g/mol. The van der Waals surface area contributed by atoms with Crippen LogP contribution in [-0.4, -0.2) is 17.8 Å². The second-order valence-corrected chi connectivity index (χ2v) is 3.48. The van der Waals surface area contributed by atoms with Crippen LogP contribution in [0.2, 0.25) is 0 Å². The van der Waals surface area contributed by atoms with E-state index >= 15 is 0 Å². The number of hydrogen-bond donors (Lipinski definition) is 0. The van der Waals surface area contributed by atoms with Crippen molar-refractivity contribution in [2.45, 2.75) is 6.92 Å². The molecule has 0 spiro atoms. The van der Waals surface area contributed by atoms with Gasteiger partial charge in [0.05, 0.1) is 24.7 Å². The highest BCUT2D eigenvalue weighted by molar-refractivity contribution is 5.81. The van der Waals surface area contributed by atoms with Gasteiger partial charge in [0.1, 0.15) is 5.75 Å². The number of aliphatic imine (C=N–C) groups is 1. The van der Waals surface area contributed by atoms with Crippen molar-refractivity contribution in [3.05, 3.63) is 54.4 Å². The molecule has 17 heavy (non-hydrogen) atoms. The quantitative estimate of drug-likeness (QED) is 0.750. The van der Waals surface area contributed by atoms with E-state index in [-0.39, 0.29) is 0 Å². The Balaban J connectivity index is 2.13. The highest BCUT2D eigenvalue weighted by Gasteiger charge is 1.94. The first-order valence-corrected chi connectivity index (χ1v) is 5.55. The SMILES string of the molecule is CCOc1cncc(N=Cc2ccccc2)c1. The molecule has 0 fully saturated rings. The lowest BCUT2D eigenvalue weighted by Gasteiger charge is -2.01. The van der Waals surface area contributed by atoms with E-state index in [4.69, 9.17) is 4.74 Å². The first-order chi connectivity index (χ1) is 8.38. The van der Waals surface area contributed by atoms with Crippen molar-refractivity contribution in [1.29, 1.82) is 0 Å². The molecule has 0 aliphatic carbocycles. The van der Waals surface area contributed by atoms with E-state index in [2.05, 4.69) is 9.98 Å². The Morgan fingerprint density at radius 3 is 2.82 bits per heavy atom. The van der Waals surface area contributed by atoms with E-state index < -0.39 is 0 Å². The molecule has 0 bridgehead atoms. The van der Waals surface area contributed by atoms with Gasteiger partial charge in [-0.15, -0.1) is 0 Å². The Hall–Kier alpha value is -2.16. The first kappa shape index (κ1) is 11.3. The molecule has 2 rings (SSSR count). The summed E-state index contributed by atoms with van der Waals surface area (Å²) in [4.78, 5) is 8.43. The van der Waals surface area contributed by atoms with Gasteiger partial charge in [0.15, 0.2) is 0 Å². The van der Waals surface area contributed by atoms with Crippen LogP contribution in [0.15, 0.2) is 53.8 Å². The van der Waals surface area contributed by atoms with Gasteiger partial charge in [-0.3, -0.25) is 9.98 Å². The van der Waals surface area contributed by atoms with E-state index in [1.165, 1.54) is 0 Å². The van der Waals surface area contributed by atoms with E-state index in [0.29, 0.717) is 6.61 Å². The van der Waals surface area contributed by atoms with Crippen molar-refractivity contribution in [1.82, 2.24) is 4.98 Å². The van der Waals surface area contributed by atoms with Crippen LogP contribution in [0.5, 0.6) is 5.75 Å². The van der Waals surface area contributed by atoms with Gasteiger partial charge in [0.2, 0.25) is 0 Å². The van der Waals surface area contributed by atoms with Crippen LogP contribution in [-0.2, 0) is 0 Å². The number of pyridine rings is 1. The molecule has 1 aromatic carbocycles. The van der Waals surface area contributed by atoms with E-state index in [9.17, 15) is 0 Å². The second kappa shape index (κ2) is 5.80. The maximum Gasteiger partial charge on any atom is 0.139 e. The fourth-order valence-corrected chi connectivity index (χ4v) is 1.41. The molecule has 0 aliphatic rings. The highest BCUT2D eigenvalue weighted by Crippen LogP contribution is 2.17. The van der Waals surface area contributed by atoms with Crippen molar-refractivity contribution in [3.8, 4) is 5.75 Å².